The molecule has 13 nitrogen and oxygen atoms in total. The smallest absolute Gasteiger partial charge is 0.459 e. The molecule has 0 aliphatic carbocycles. The molecule has 4 N–H and O–H groups in total. The third-order valence-corrected chi connectivity index (χ3v) is 6.94. The highest BCUT2D eigenvalue weighted by Crippen LogP contribution is 2.46. The number of hydrogen-bond donors (Lipinski definition) is 4. The number of nitrogens with zero attached hydrogens (tertiary/aromatic N) is 1. The molecule has 3 rings (SSSR count). The van der Waals surface area contributed by atoms with Gasteiger partial charge in [-0.1, -0.05) is 18.2 Å². The molecule has 14 heteroatoms. The number of nitrogens with one attached hydrogen (secondary N) is 2. The lowest BCUT2D eigenvalue weighted by Gasteiger charge is -2.25. The second-order valence-corrected chi connectivity index (χ2v) is 10.1. The number of H-pyrrole nitrogens is 1. The summed E-state index contributed by atoms with van der Waals surface area (Å²) in [5.41, 5.74) is -1.44. The maximum absolute atomic E-state index is 13.6. The van der Waals surface area contributed by atoms with Crippen LogP contribution in [-0.4, -0.2) is 63.3 Å². The van der Waals surface area contributed by atoms with Crippen LogP contribution in [0.5, 0.6) is 5.75 Å². The SMILES string of the molecule is CC(C)OC(=O)C(C)NP(=O)(OC[C@H]1O[C@@H](n2ccc(=O)[nH]c2=O)[C@H](O)[C@@H]1CO)Oc1ccccc1. The van der Waals surface area contributed by atoms with Crippen LogP contribution in [0.4, 0.5) is 0 Å². The zero-order valence-electron chi connectivity index (χ0n) is 20.0. The summed E-state index contributed by atoms with van der Waals surface area (Å²) in [4.78, 5) is 37.9. The van der Waals surface area contributed by atoms with Gasteiger partial charge in [-0.3, -0.25) is 23.7 Å². The third kappa shape index (κ3) is 6.90. The van der Waals surface area contributed by atoms with Crippen molar-refractivity contribution < 1.29 is 38.1 Å². The molecule has 2 heterocycles. The number of aromatic nitrogens is 2. The summed E-state index contributed by atoms with van der Waals surface area (Å²) in [7, 11) is -4.22. The molecule has 0 spiro atoms. The summed E-state index contributed by atoms with van der Waals surface area (Å²) < 4.78 is 36.6. The summed E-state index contributed by atoms with van der Waals surface area (Å²) in [6.45, 7) is 3.78. The first-order valence-corrected chi connectivity index (χ1v) is 12.8. The van der Waals surface area contributed by atoms with Crippen LogP contribution in [0.25, 0.3) is 0 Å². The minimum absolute atomic E-state index is 0.196. The first-order valence-electron chi connectivity index (χ1n) is 11.3. The molecule has 6 atom stereocenters. The number of carbonyl (C=O) groups excluding carboxylic acids is 1. The molecule has 36 heavy (non-hydrogen) atoms. The number of ether oxygens (including phenoxy) is 2. The minimum Gasteiger partial charge on any atom is -0.462 e. The van der Waals surface area contributed by atoms with Crippen LogP contribution < -0.4 is 20.9 Å². The van der Waals surface area contributed by atoms with E-state index in [4.69, 9.17) is 18.5 Å². The Kier molecular flexibility index (Phi) is 9.23. The second-order valence-electron chi connectivity index (χ2n) is 8.45. The van der Waals surface area contributed by atoms with E-state index >= 15 is 0 Å². The van der Waals surface area contributed by atoms with E-state index in [0.29, 0.717) is 0 Å². The zero-order chi connectivity index (χ0) is 26.5. The molecular weight excluding hydrogens is 497 g/mol. The Morgan fingerprint density at radius 3 is 2.53 bits per heavy atom. The van der Waals surface area contributed by atoms with Crippen molar-refractivity contribution in [2.45, 2.75) is 51.4 Å². The number of esters is 1. The Labute approximate surface area is 206 Å². The molecule has 1 aromatic carbocycles. The van der Waals surface area contributed by atoms with Crippen molar-refractivity contribution in [2.24, 2.45) is 5.92 Å². The zero-order valence-corrected chi connectivity index (χ0v) is 20.9. The average molecular weight is 527 g/mol. The predicted molar refractivity (Wildman–Crippen MR) is 126 cm³/mol. The first kappa shape index (κ1) is 27.8. The van der Waals surface area contributed by atoms with Crippen LogP contribution in [0.1, 0.15) is 27.0 Å². The van der Waals surface area contributed by atoms with Crippen LogP contribution in [-0.2, 0) is 23.4 Å². The van der Waals surface area contributed by atoms with Gasteiger partial charge in [-0.15, -0.1) is 0 Å². The Bertz CT molecular complexity index is 1180. The molecule has 1 aliphatic heterocycles. The number of para-hydroxylation sites is 1. The minimum atomic E-state index is -4.22. The fourth-order valence-corrected chi connectivity index (χ4v) is 5.05. The summed E-state index contributed by atoms with van der Waals surface area (Å²) in [6.07, 6.45) is -2.87. The lowest BCUT2D eigenvalue weighted by atomic mass is 9.99. The number of hydrogen-bond acceptors (Lipinski definition) is 10. The van der Waals surface area contributed by atoms with Crippen LogP contribution >= 0.6 is 7.75 Å². The maximum Gasteiger partial charge on any atom is 0.459 e. The van der Waals surface area contributed by atoms with Crippen molar-refractivity contribution >= 4 is 13.7 Å². The molecule has 2 aromatic rings. The van der Waals surface area contributed by atoms with Gasteiger partial charge in [0.05, 0.1) is 25.4 Å². The van der Waals surface area contributed by atoms with E-state index in [1.165, 1.54) is 6.92 Å². The normalized spacial score (nSPS) is 24.3. The van der Waals surface area contributed by atoms with E-state index in [1.807, 2.05) is 0 Å². The standard InChI is InChI=1S/C22H30N3O10P/c1-13(2)33-21(29)14(3)24-36(31,35-15-7-5-4-6-8-15)32-12-17-16(11-26)19(28)20(34-17)25-10-9-18(27)23-22(25)30/h4-10,13-14,16-17,19-20,26,28H,11-12H2,1-3H3,(H,24,31)(H,23,27,30)/t14?,16-,17-,19-,20-,36?/m1/s1. The van der Waals surface area contributed by atoms with Gasteiger partial charge in [0.25, 0.3) is 5.56 Å². The summed E-state index contributed by atoms with van der Waals surface area (Å²) in [5.74, 6) is -1.41. The molecule has 0 amide bonds. The van der Waals surface area contributed by atoms with Crippen molar-refractivity contribution in [1.82, 2.24) is 14.6 Å². The van der Waals surface area contributed by atoms with Crippen LogP contribution in [0, 0.1) is 5.92 Å². The fraction of sp³-hybridized carbons (Fsp3) is 0.500. The third-order valence-electron chi connectivity index (χ3n) is 5.29. The highest BCUT2D eigenvalue weighted by molar-refractivity contribution is 7.52. The average Bonchev–Trinajstić information content (AvgIpc) is 3.13. The maximum atomic E-state index is 13.6. The number of aliphatic hydroxyl groups excluding tert-OH is 2. The molecule has 1 fully saturated rings. The van der Waals surface area contributed by atoms with Crippen molar-refractivity contribution in [3.8, 4) is 5.75 Å². The molecular formula is C22H30N3O10P. The van der Waals surface area contributed by atoms with Crippen LogP contribution in [0.2, 0.25) is 0 Å². The number of carbonyl (C=O) groups is 1. The Balaban J connectivity index is 1.79. The van der Waals surface area contributed by atoms with E-state index in [9.17, 15) is 29.2 Å². The monoisotopic (exact) mass is 527 g/mol. The van der Waals surface area contributed by atoms with Gasteiger partial charge in [0, 0.05) is 18.2 Å². The Hall–Kier alpha value is -2.80. The highest BCUT2D eigenvalue weighted by atomic mass is 31.2. The van der Waals surface area contributed by atoms with E-state index in [-0.39, 0.29) is 5.75 Å². The predicted octanol–water partition coefficient (Wildman–Crippen LogP) is 0.537. The van der Waals surface area contributed by atoms with Crippen molar-refractivity contribution in [3.63, 3.8) is 0 Å². The number of rotatable bonds is 11. The van der Waals surface area contributed by atoms with Gasteiger partial charge in [0.1, 0.15) is 17.9 Å². The summed E-state index contributed by atoms with van der Waals surface area (Å²) in [5, 5.41) is 23.0. The van der Waals surface area contributed by atoms with Gasteiger partial charge >= 0.3 is 19.4 Å². The quantitative estimate of drug-likeness (QED) is 0.237. The molecule has 198 valence electrons. The van der Waals surface area contributed by atoms with Gasteiger partial charge in [0.15, 0.2) is 6.23 Å². The number of aromatic amines is 1. The summed E-state index contributed by atoms with van der Waals surface area (Å²) >= 11 is 0. The second kappa shape index (κ2) is 12.0. The molecule has 1 saturated heterocycles. The van der Waals surface area contributed by atoms with Crippen LogP contribution in [0.15, 0.2) is 52.2 Å². The van der Waals surface area contributed by atoms with Gasteiger partial charge in [-0.2, -0.15) is 5.09 Å². The van der Waals surface area contributed by atoms with E-state index < -0.39 is 74.7 Å². The van der Waals surface area contributed by atoms with Gasteiger partial charge in [-0.05, 0) is 32.9 Å². The number of benzene rings is 1. The van der Waals surface area contributed by atoms with Gasteiger partial charge in [-0.25, -0.2) is 9.36 Å². The van der Waals surface area contributed by atoms with Gasteiger partial charge in [0.2, 0.25) is 0 Å². The largest absolute Gasteiger partial charge is 0.462 e. The van der Waals surface area contributed by atoms with Crippen molar-refractivity contribution in [2.75, 3.05) is 13.2 Å². The fourth-order valence-electron chi connectivity index (χ4n) is 3.54. The van der Waals surface area contributed by atoms with E-state index in [2.05, 4.69) is 10.1 Å². The number of aliphatic hydroxyl groups is 2. The molecule has 0 radical (unpaired) electrons. The van der Waals surface area contributed by atoms with Crippen molar-refractivity contribution in [1.29, 1.82) is 0 Å². The van der Waals surface area contributed by atoms with E-state index in [1.54, 1.807) is 44.2 Å². The topological polar surface area (TPSA) is 178 Å². The highest BCUT2D eigenvalue weighted by Gasteiger charge is 2.46. The lowest BCUT2D eigenvalue weighted by Crippen LogP contribution is -2.37. The lowest BCUT2D eigenvalue weighted by molar-refractivity contribution is -0.149. The Morgan fingerprint density at radius 2 is 1.92 bits per heavy atom. The molecule has 0 bridgehead atoms. The summed E-state index contributed by atoms with van der Waals surface area (Å²) in [6, 6.07) is 8.13. The molecule has 2 unspecified atom stereocenters. The molecule has 1 aliphatic rings. The first-order chi connectivity index (χ1) is 17.0. The van der Waals surface area contributed by atoms with Gasteiger partial charge < -0.3 is 24.2 Å². The van der Waals surface area contributed by atoms with Crippen molar-refractivity contribution in [3.05, 3.63) is 63.4 Å². The Morgan fingerprint density at radius 1 is 1.22 bits per heavy atom. The van der Waals surface area contributed by atoms with Crippen LogP contribution in [0.3, 0.4) is 0 Å². The molecule has 0 saturated carbocycles. The van der Waals surface area contributed by atoms with E-state index in [0.717, 1.165) is 16.8 Å². The molecule has 1 aromatic heterocycles.